The lowest BCUT2D eigenvalue weighted by atomic mass is 10.00. The van der Waals surface area contributed by atoms with Crippen molar-refractivity contribution in [2.45, 2.75) is 33.6 Å². The van der Waals surface area contributed by atoms with Crippen LogP contribution < -0.4 is 19.6 Å². The van der Waals surface area contributed by atoms with Gasteiger partial charge in [-0.2, -0.15) is 5.10 Å². The molecule has 0 saturated heterocycles. The van der Waals surface area contributed by atoms with Gasteiger partial charge >= 0.3 is 0 Å². The minimum atomic E-state index is -0.324. The van der Waals surface area contributed by atoms with Crippen LogP contribution in [0.25, 0.3) is 0 Å². The summed E-state index contributed by atoms with van der Waals surface area (Å²) in [6.45, 7) is 7.93. The van der Waals surface area contributed by atoms with Gasteiger partial charge in [0.05, 0.1) is 19.9 Å². The van der Waals surface area contributed by atoms with Crippen LogP contribution in [0.5, 0.6) is 17.2 Å². The predicted molar refractivity (Wildman–Crippen MR) is 111 cm³/mol. The van der Waals surface area contributed by atoms with E-state index < -0.39 is 0 Å². The van der Waals surface area contributed by atoms with Gasteiger partial charge in [0.2, 0.25) is 0 Å². The van der Waals surface area contributed by atoms with Gasteiger partial charge in [-0.15, -0.1) is 0 Å². The quantitative estimate of drug-likeness (QED) is 0.551. The number of rotatable bonds is 8. The molecule has 0 aliphatic heterocycles. The van der Waals surface area contributed by atoms with E-state index in [-0.39, 0.29) is 12.5 Å². The molecule has 0 aliphatic rings. The van der Waals surface area contributed by atoms with E-state index in [4.69, 9.17) is 14.2 Å². The van der Waals surface area contributed by atoms with Crippen molar-refractivity contribution < 1.29 is 19.0 Å². The van der Waals surface area contributed by atoms with Crippen molar-refractivity contribution in [2.24, 2.45) is 5.10 Å². The number of carbonyl (C=O) groups excluding carboxylic acids is 1. The van der Waals surface area contributed by atoms with Gasteiger partial charge in [0.15, 0.2) is 18.1 Å². The van der Waals surface area contributed by atoms with Crippen molar-refractivity contribution in [3.63, 3.8) is 0 Å². The van der Waals surface area contributed by atoms with Crippen molar-refractivity contribution in [1.29, 1.82) is 0 Å². The monoisotopic (exact) mass is 384 g/mol. The molecular formula is C22H28N2O4. The van der Waals surface area contributed by atoms with Crippen molar-refractivity contribution in [2.75, 3.05) is 20.8 Å². The van der Waals surface area contributed by atoms with Gasteiger partial charge in [0, 0.05) is 5.56 Å². The number of carbonyl (C=O) groups is 1. The standard InChI is InChI=1S/C22H28N2O4/c1-14(2)18-11-15(3)7-9-19(18)28-13-22(25)24-23-16(4)17-8-10-20(26-5)21(12-17)27-6/h7-12,14H,13H2,1-6H3,(H,24,25)/b23-16+. The van der Waals surface area contributed by atoms with E-state index in [2.05, 4.69) is 30.4 Å². The zero-order chi connectivity index (χ0) is 20.7. The van der Waals surface area contributed by atoms with Crippen LogP contribution in [0, 0.1) is 6.92 Å². The minimum Gasteiger partial charge on any atom is -0.493 e. The van der Waals surface area contributed by atoms with E-state index in [0.29, 0.717) is 23.1 Å². The highest BCUT2D eigenvalue weighted by molar-refractivity contribution is 5.99. The van der Waals surface area contributed by atoms with Crippen LogP contribution in [0.2, 0.25) is 0 Å². The first-order valence-electron chi connectivity index (χ1n) is 9.14. The molecule has 1 N–H and O–H groups in total. The number of nitrogens with one attached hydrogen (secondary N) is 1. The number of hydrogen-bond donors (Lipinski definition) is 1. The van der Waals surface area contributed by atoms with Crippen molar-refractivity contribution in [3.8, 4) is 17.2 Å². The number of aryl methyl sites for hydroxylation is 1. The first-order chi connectivity index (χ1) is 13.3. The summed E-state index contributed by atoms with van der Waals surface area (Å²) in [6.07, 6.45) is 0. The number of ether oxygens (including phenoxy) is 3. The van der Waals surface area contributed by atoms with E-state index in [9.17, 15) is 4.79 Å². The molecule has 150 valence electrons. The zero-order valence-corrected chi connectivity index (χ0v) is 17.3. The predicted octanol–water partition coefficient (Wildman–Crippen LogP) is 4.05. The number of nitrogens with zero attached hydrogens (tertiary/aromatic N) is 1. The molecule has 0 atom stereocenters. The topological polar surface area (TPSA) is 69.2 Å². The summed E-state index contributed by atoms with van der Waals surface area (Å²) in [7, 11) is 3.15. The van der Waals surface area contributed by atoms with Gasteiger partial charge in [0.1, 0.15) is 5.75 Å². The molecule has 1 amide bonds. The first-order valence-corrected chi connectivity index (χ1v) is 9.14. The Hall–Kier alpha value is -3.02. The Bertz CT molecular complexity index is 860. The fraction of sp³-hybridized carbons (Fsp3) is 0.364. The molecule has 2 aromatic carbocycles. The second-order valence-electron chi connectivity index (χ2n) is 6.79. The van der Waals surface area contributed by atoms with Crippen molar-refractivity contribution >= 4 is 11.6 Å². The molecule has 28 heavy (non-hydrogen) atoms. The molecule has 0 aromatic heterocycles. The molecule has 0 radical (unpaired) electrons. The smallest absolute Gasteiger partial charge is 0.277 e. The molecule has 0 heterocycles. The molecule has 6 heteroatoms. The average Bonchev–Trinajstić information content (AvgIpc) is 2.70. The SMILES string of the molecule is COc1ccc(/C(C)=N/NC(=O)COc2ccc(C)cc2C(C)C)cc1OC. The number of methoxy groups -OCH3 is 2. The third-order valence-electron chi connectivity index (χ3n) is 4.30. The van der Waals surface area contributed by atoms with Crippen LogP contribution in [0.4, 0.5) is 0 Å². The van der Waals surface area contributed by atoms with Crippen LogP contribution in [0.1, 0.15) is 43.4 Å². The van der Waals surface area contributed by atoms with E-state index in [1.807, 2.05) is 31.2 Å². The lowest BCUT2D eigenvalue weighted by Crippen LogP contribution is -2.26. The molecule has 0 fully saturated rings. The highest BCUT2D eigenvalue weighted by Crippen LogP contribution is 2.28. The summed E-state index contributed by atoms with van der Waals surface area (Å²) < 4.78 is 16.2. The van der Waals surface area contributed by atoms with Gasteiger partial charge in [-0.1, -0.05) is 31.5 Å². The Morgan fingerprint density at radius 3 is 2.36 bits per heavy atom. The largest absolute Gasteiger partial charge is 0.493 e. The number of hydrazone groups is 1. The number of benzene rings is 2. The number of hydrogen-bond acceptors (Lipinski definition) is 5. The average molecular weight is 384 g/mol. The Labute approximate surface area is 166 Å². The van der Waals surface area contributed by atoms with Gasteiger partial charge in [0.25, 0.3) is 5.91 Å². The Morgan fingerprint density at radius 1 is 1.04 bits per heavy atom. The fourth-order valence-corrected chi connectivity index (χ4v) is 2.70. The van der Waals surface area contributed by atoms with E-state index in [1.165, 1.54) is 0 Å². The maximum atomic E-state index is 12.1. The molecule has 0 unspecified atom stereocenters. The van der Waals surface area contributed by atoms with Gasteiger partial charge < -0.3 is 14.2 Å². The van der Waals surface area contributed by atoms with E-state index in [0.717, 1.165) is 22.4 Å². The minimum absolute atomic E-state index is 0.106. The molecule has 0 spiro atoms. The third-order valence-corrected chi connectivity index (χ3v) is 4.30. The molecule has 6 nitrogen and oxygen atoms in total. The fourth-order valence-electron chi connectivity index (χ4n) is 2.70. The lowest BCUT2D eigenvalue weighted by Gasteiger charge is -2.14. The molecular weight excluding hydrogens is 356 g/mol. The normalized spacial score (nSPS) is 11.3. The molecule has 0 saturated carbocycles. The summed E-state index contributed by atoms with van der Waals surface area (Å²) >= 11 is 0. The van der Waals surface area contributed by atoms with Crippen molar-refractivity contribution in [3.05, 3.63) is 53.1 Å². The highest BCUT2D eigenvalue weighted by Gasteiger charge is 2.11. The summed E-state index contributed by atoms with van der Waals surface area (Å²) in [5.74, 6) is 1.94. The van der Waals surface area contributed by atoms with Crippen LogP contribution in [-0.4, -0.2) is 32.4 Å². The summed E-state index contributed by atoms with van der Waals surface area (Å²) in [5.41, 5.74) is 6.24. The second kappa shape index (κ2) is 9.78. The maximum absolute atomic E-state index is 12.1. The van der Waals surface area contributed by atoms with Crippen LogP contribution >= 0.6 is 0 Å². The van der Waals surface area contributed by atoms with Crippen LogP contribution in [0.15, 0.2) is 41.5 Å². The summed E-state index contributed by atoms with van der Waals surface area (Å²) in [5, 5.41) is 4.15. The van der Waals surface area contributed by atoms with Gasteiger partial charge in [-0.25, -0.2) is 5.43 Å². The summed E-state index contributed by atoms with van der Waals surface area (Å²) in [4.78, 5) is 12.1. The van der Waals surface area contributed by atoms with E-state index in [1.54, 1.807) is 27.2 Å². The second-order valence-corrected chi connectivity index (χ2v) is 6.79. The highest BCUT2D eigenvalue weighted by atomic mass is 16.5. The van der Waals surface area contributed by atoms with E-state index >= 15 is 0 Å². The Morgan fingerprint density at radius 2 is 1.71 bits per heavy atom. The molecule has 0 bridgehead atoms. The first kappa shape index (κ1) is 21.3. The Balaban J connectivity index is 2.00. The Kier molecular flexibility index (Phi) is 7.44. The lowest BCUT2D eigenvalue weighted by molar-refractivity contribution is -0.123. The van der Waals surface area contributed by atoms with Gasteiger partial charge in [-0.3, -0.25) is 4.79 Å². The van der Waals surface area contributed by atoms with Gasteiger partial charge in [-0.05, 0) is 49.6 Å². The summed E-state index contributed by atoms with van der Waals surface area (Å²) in [6, 6.07) is 11.4. The molecule has 2 aromatic rings. The molecule has 0 aliphatic carbocycles. The van der Waals surface area contributed by atoms with Crippen LogP contribution in [-0.2, 0) is 4.79 Å². The number of amides is 1. The zero-order valence-electron chi connectivity index (χ0n) is 17.3. The molecule has 2 rings (SSSR count). The van der Waals surface area contributed by atoms with Crippen LogP contribution in [0.3, 0.4) is 0 Å². The third kappa shape index (κ3) is 5.49. The maximum Gasteiger partial charge on any atom is 0.277 e. The van der Waals surface area contributed by atoms with Crippen molar-refractivity contribution in [1.82, 2.24) is 5.43 Å².